The molecular weight excluding hydrogens is 550 g/mol. The highest BCUT2D eigenvalue weighted by molar-refractivity contribution is 7.14. The van der Waals surface area contributed by atoms with E-state index in [1.807, 2.05) is 31.3 Å². The van der Waals surface area contributed by atoms with Gasteiger partial charge in [0.15, 0.2) is 5.06 Å². The number of methoxy groups -OCH3 is 1. The summed E-state index contributed by atoms with van der Waals surface area (Å²) in [7, 11) is 3.44. The van der Waals surface area contributed by atoms with Gasteiger partial charge in [0.1, 0.15) is 6.04 Å². The molecule has 11 nitrogen and oxygen atoms in total. The van der Waals surface area contributed by atoms with Crippen LogP contribution in [0, 0.1) is 0 Å². The van der Waals surface area contributed by atoms with Crippen LogP contribution >= 0.6 is 22.9 Å². The quantitative estimate of drug-likeness (QED) is 0.388. The third-order valence-corrected chi connectivity index (χ3v) is 7.64. The van der Waals surface area contributed by atoms with Gasteiger partial charge in [0, 0.05) is 61.3 Å². The summed E-state index contributed by atoms with van der Waals surface area (Å²) < 4.78 is 10.7. The van der Waals surface area contributed by atoms with Crippen molar-refractivity contribution in [2.24, 2.45) is 0 Å². The molecule has 1 atom stereocenters. The fourth-order valence-corrected chi connectivity index (χ4v) is 5.41. The lowest BCUT2D eigenvalue weighted by molar-refractivity contribution is -0.147. The zero-order valence-corrected chi connectivity index (χ0v) is 23.1. The van der Waals surface area contributed by atoms with Gasteiger partial charge in [-0.05, 0) is 36.7 Å². The van der Waals surface area contributed by atoms with Gasteiger partial charge in [0.05, 0.1) is 7.11 Å². The van der Waals surface area contributed by atoms with Crippen molar-refractivity contribution in [2.75, 3.05) is 46.9 Å². The van der Waals surface area contributed by atoms with E-state index in [-0.39, 0.29) is 12.1 Å². The smallest absolute Gasteiger partial charge is 0.416 e. The number of hydrogen-bond donors (Lipinski definition) is 2. The van der Waals surface area contributed by atoms with E-state index in [0.29, 0.717) is 48.4 Å². The van der Waals surface area contributed by atoms with Gasteiger partial charge in [-0.25, -0.2) is 19.2 Å². The highest BCUT2D eigenvalue weighted by atomic mass is 35.5. The average Bonchev–Trinajstić information content (AvgIpc) is 3.31. The molecule has 0 saturated carbocycles. The summed E-state index contributed by atoms with van der Waals surface area (Å²) in [4.78, 5) is 51.4. The number of amides is 1. The summed E-state index contributed by atoms with van der Waals surface area (Å²) in [5.41, 5.74) is 1.80. The SMILES string of the molecule is COC(=O)C(c1ccccc1Cl)N1CCc2sc(OC(=O)N3CCN(C)CC3)cc2C1.O=C(O)/C=C/C(=O)O. The largest absolute Gasteiger partial charge is 0.478 e. The molecule has 2 aliphatic heterocycles. The molecule has 0 aliphatic carbocycles. The van der Waals surface area contributed by atoms with Crippen LogP contribution in [0.5, 0.6) is 5.06 Å². The van der Waals surface area contributed by atoms with E-state index < -0.39 is 18.0 Å². The van der Waals surface area contributed by atoms with Crippen LogP contribution in [-0.4, -0.2) is 95.8 Å². The van der Waals surface area contributed by atoms with Gasteiger partial charge in [0.2, 0.25) is 0 Å². The number of carbonyl (C=O) groups excluding carboxylic acids is 2. The molecule has 2 aromatic rings. The van der Waals surface area contributed by atoms with Crippen molar-refractivity contribution in [2.45, 2.75) is 19.0 Å². The number of rotatable bonds is 6. The molecule has 2 N–H and O–H groups in total. The molecule has 2 aliphatic rings. The van der Waals surface area contributed by atoms with Gasteiger partial charge in [-0.15, -0.1) is 11.3 Å². The summed E-state index contributed by atoms with van der Waals surface area (Å²) in [5.74, 6) is -2.85. The first-order chi connectivity index (χ1) is 18.6. The third-order valence-electron chi connectivity index (χ3n) is 6.18. The number of carbonyl (C=O) groups is 4. The number of benzene rings is 1. The number of likely N-dealkylation sites (N-methyl/N-ethyl adjacent to an activating group) is 1. The van der Waals surface area contributed by atoms with E-state index >= 15 is 0 Å². The van der Waals surface area contributed by atoms with Crippen LogP contribution in [0.3, 0.4) is 0 Å². The minimum absolute atomic E-state index is 0.299. The van der Waals surface area contributed by atoms with Gasteiger partial charge in [-0.3, -0.25) is 4.90 Å². The molecule has 1 fully saturated rings. The molecule has 39 heavy (non-hydrogen) atoms. The molecule has 0 spiro atoms. The van der Waals surface area contributed by atoms with Gasteiger partial charge in [0.25, 0.3) is 0 Å². The zero-order chi connectivity index (χ0) is 28.5. The Morgan fingerprint density at radius 2 is 1.67 bits per heavy atom. The standard InChI is InChI=1S/C22H26ClN3O4S.C4H4O4/c1-24-9-11-25(12-10-24)22(28)30-19-13-15-14-26(8-7-18(15)31-19)20(21(27)29-2)16-5-3-4-6-17(16)23;5-3(6)1-2-4(7)8/h3-6,13,20H,7-12,14H2,1-2H3;1-2H,(H,5,6)(H,7,8)/b;2-1+. The number of piperazine rings is 1. The second kappa shape index (κ2) is 14.1. The van der Waals surface area contributed by atoms with Crippen molar-refractivity contribution in [3.63, 3.8) is 0 Å². The summed E-state index contributed by atoms with van der Waals surface area (Å²) in [6.45, 7) is 4.29. The van der Waals surface area contributed by atoms with Gasteiger partial charge in [-0.1, -0.05) is 29.8 Å². The number of hydrogen-bond acceptors (Lipinski definition) is 9. The fourth-order valence-electron chi connectivity index (χ4n) is 4.16. The lowest BCUT2D eigenvalue weighted by atomic mass is 10.0. The Hall–Kier alpha value is -3.45. The number of fused-ring (bicyclic) bond motifs is 1. The number of carboxylic acids is 2. The molecule has 210 valence electrons. The molecule has 1 aromatic carbocycles. The maximum atomic E-state index is 12.6. The first kappa shape index (κ1) is 30.1. The lowest BCUT2D eigenvalue weighted by Gasteiger charge is -2.33. The van der Waals surface area contributed by atoms with E-state index in [4.69, 9.17) is 31.3 Å². The maximum Gasteiger partial charge on any atom is 0.416 e. The number of esters is 1. The Morgan fingerprint density at radius 1 is 1.03 bits per heavy atom. The molecule has 13 heteroatoms. The minimum atomic E-state index is -1.26. The van der Waals surface area contributed by atoms with E-state index in [1.54, 1.807) is 11.0 Å². The van der Waals surface area contributed by atoms with Crippen LogP contribution in [0.2, 0.25) is 5.02 Å². The highest BCUT2D eigenvalue weighted by Crippen LogP contribution is 2.38. The van der Waals surface area contributed by atoms with Crippen LogP contribution in [0.1, 0.15) is 22.0 Å². The third kappa shape index (κ3) is 8.52. The normalized spacial score (nSPS) is 16.5. The van der Waals surface area contributed by atoms with E-state index in [9.17, 15) is 19.2 Å². The van der Waals surface area contributed by atoms with Crippen molar-refractivity contribution in [3.8, 4) is 5.06 Å². The molecular formula is C26H30ClN3O8S. The Bertz CT molecular complexity index is 1210. The predicted octanol–water partition coefficient (Wildman–Crippen LogP) is 3.13. The minimum Gasteiger partial charge on any atom is -0.478 e. The lowest BCUT2D eigenvalue weighted by Crippen LogP contribution is -2.48. The van der Waals surface area contributed by atoms with Crippen molar-refractivity contribution in [3.05, 3.63) is 63.5 Å². The average molecular weight is 580 g/mol. The Morgan fingerprint density at radius 3 is 2.26 bits per heavy atom. The van der Waals surface area contributed by atoms with Gasteiger partial charge in [-0.2, -0.15) is 0 Å². The number of ether oxygens (including phenoxy) is 2. The second-order valence-electron chi connectivity index (χ2n) is 8.85. The second-order valence-corrected chi connectivity index (χ2v) is 10.4. The summed E-state index contributed by atoms with van der Waals surface area (Å²) in [6.07, 6.45) is 1.58. The van der Waals surface area contributed by atoms with Crippen LogP contribution in [0.25, 0.3) is 0 Å². The summed E-state index contributed by atoms with van der Waals surface area (Å²) >= 11 is 7.89. The van der Waals surface area contributed by atoms with Crippen LogP contribution in [-0.2, 0) is 32.1 Å². The first-order valence-electron chi connectivity index (χ1n) is 12.1. The van der Waals surface area contributed by atoms with Crippen molar-refractivity contribution >= 4 is 46.9 Å². The molecule has 1 saturated heterocycles. The number of nitrogens with zero attached hydrogens (tertiary/aromatic N) is 3. The number of aliphatic carboxylic acids is 2. The number of halogens is 1. The summed E-state index contributed by atoms with van der Waals surface area (Å²) in [5, 5.41) is 16.8. The number of thiophene rings is 1. The van der Waals surface area contributed by atoms with Gasteiger partial charge >= 0.3 is 24.0 Å². The molecule has 0 bridgehead atoms. The van der Waals surface area contributed by atoms with E-state index in [0.717, 1.165) is 30.6 Å². The van der Waals surface area contributed by atoms with Crippen LogP contribution in [0.15, 0.2) is 42.5 Å². The number of carboxylic acid groups (broad SMARTS) is 2. The highest BCUT2D eigenvalue weighted by Gasteiger charge is 2.33. The Labute approximate surface area is 234 Å². The Kier molecular flexibility index (Phi) is 10.9. The van der Waals surface area contributed by atoms with Crippen molar-refractivity contribution in [1.82, 2.24) is 14.7 Å². The van der Waals surface area contributed by atoms with Crippen LogP contribution in [0.4, 0.5) is 4.79 Å². The first-order valence-corrected chi connectivity index (χ1v) is 13.3. The molecule has 1 amide bonds. The van der Waals surface area contributed by atoms with Crippen molar-refractivity contribution in [1.29, 1.82) is 0 Å². The van der Waals surface area contributed by atoms with Crippen LogP contribution < -0.4 is 4.74 Å². The molecule has 4 rings (SSSR count). The van der Waals surface area contributed by atoms with Crippen molar-refractivity contribution < 1.29 is 38.9 Å². The fraction of sp³-hybridized carbons (Fsp3) is 0.385. The molecule has 3 heterocycles. The van der Waals surface area contributed by atoms with E-state index in [2.05, 4.69) is 9.80 Å². The molecule has 1 unspecified atom stereocenters. The topological polar surface area (TPSA) is 137 Å². The maximum absolute atomic E-state index is 12.6. The Balaban J connectivity index is 0.000000459. The zero-order valence-electron chi connectivity index (χ0n) is 21.5. The van der Waals surface area contributed by atoms with Gasteiger partial charge < -0.3 is 29.5 Å². The molecule has 1 aromatic heterocycles. The van der Waals surface area contributed by atoms with E-state index in [1.165, 1.54) is 23.3 Å². The monoisotopic (exact) mass is 579 g/mol. The predicted molar refractivity (Wildman–Crippen MR) is 144 cm³/mol. The summed E-state index contributed by atoms with van der Waals surface area (Å²) in [6, 6.07) is 8.68. The molecule has 0 radical (unpaired) electrons.